The lowest BCUT2D eigenvalue weighted by atomic mass is 9.79. The summed E-state index contributed by atoms with van der Waals surface area (Å²) in [7, 11) is 1.75. The van der Waals surface area contributed by atoms with Crippen molar-refractivity contribution in [3.8, 4) is 11.1 Å². The molecule has 0 bridgehead atoms. The number of carbonyl (C=O) groups excluding carboxylic acids is 1. The van der Waals surface area contributed by atoms with E-state index in [9.17, 15) is 4.79 Å². The van der Waals surface area contributed by atoms with Crippen LogP contribution in [0.4, 0.5) is 0 Å². The second kappa shape index (κ2) is 9.23. The summed E-state index contributed by atoms with van der Waals surface area (Å²) in [4.78, 5) is 19.4. The Labute approximate surface area is 179 Å². The van der Waals surface area contributed by atoms with E-state index in [1.54, 1.807) is 7.05 Å². The van der Waals surface area contributed by atoms with Crippen molar-refractivity contribution in [1.29, 1.82) is 0 Å². The van der Waals surface area contributed by atoms with E-state index in [0.717, 1.165) is 44.5 Å². The molecule has 2 aromatic carbocycles. The Bertz CT molecular complexity index is 957. The monoisotopic (exact) mass is 399 g/mol. The van der Waals surface area contributed by atoms with Gasteiger partial charge in [0.1, 0.15) is 0 Å². The van der Waals surface area contributed by atoms with Crippen molar-refractivity contribution in [1.82, 2.24) is 15.2 Å². The number of nitrogens with zero attached hydrogens (tertiary/aromatic N) is 2. The van der Waals surface area contributed by atoms with Crippen molar-refractivity contribution in [2.75, 3.05) is 26.7 Å². The van der Waals surface area contributed by atoms with Gasteiger partial charge in [0.15, 0.2) is 0 Å². The van der Waals surface area contributed by atoms with Crippen molar-refractivity contribution >= 4 is 5.91 Å². The van der Waals surface area contributed by atoms with Gasteiger partial charge in [-0.3, -0.25) is 9.78 Å². The summed E-state index contributed by atoms with van der Waals surface area (Å²) in [6, 6.07) is 23.2. The van der Waals surface area contributed by atoms with Crippen LogP contribution in [0.2, 0.25) is 0 Å². The van der Waals surface area contributed by atoms with E-state index in [0.29, 0.717) is 0 Å². The normalized spacial score (nSPS) is 19.0. The summed E-state index contributed by atoms with van der Waals surface area (Å²) >= 11 is 0. The van der Waals surface area contributed by atoms with Crippen LogP contribution in [-0.2, 0) is 17.6 Å². The Kier molecular flexibility index (Phi) is 6.24. The molecule has 1 unspecified atom stereocenters. The molecule has 4 rings (SSSR count). The molecule has 4 nitrogen and oxygen atoms in total. The highest BCUT2D eigenvalue weighted by molar-refractivity contribution is 5.83. The minimum Gasteiger partial charge on any atom is -0.359 e. The highest BCUT2D eigenvalue weighted by Gasteiger charge is 2.43. The van der Waals surface area contributed by atoms with E-state index >= 15 is 0 Å². The highest BCUT2D eigenvalue weighted by atomic mass is 16.2. The van der Waals surface area contributed by atoms with Crippen LogP contribution in [-0.4, -0.2) is 42.5 Å². The molecule has 1 saturated heterocycles. The maximum absolute atomic E-state index is 12.9. The number of carbonyl (C=O) groups is 1. The highest BCUT2D eigenvalue weighted by Crippen LogP contribution is 2.35. The van der Waals surface area contributed by atoms with E-state index in [2.05, 4.69) is 69.8 Å². The number of hydrogen-bond acceptors (Lipinski definition) is 3. The quantitative estimate of drug-likeness (QED) is 0.654. The molecule has 1 N–H and O–H groups in total. The minimum atomic E-state index is -0.358. The van der Waals surface area contributed by atoms with Gasteiger partial charge in [-0.05, 0) is 60.2 Å². The number of nitrogens with one attached hydrogen (secondary N) is 1. The summed E-state index contributed by atoms with van der Waals surface area (Å²) in [6.07, 6.45) is 6.31. The maximum atomic E-state index is 12.9. The summed E-state index contributed by atoms with van der Waals surface area (Å²) in [5.74, 6) is 0.155. The fourth-order valence-electron chi connectivity index (χ4n) is 4.51. The average molecular weight is 400 g/mol. The molecular weight excluding hydrogens is 370 g/mol. The lowest BCUT2D eigenvalue weighted by Crippen LogP contribution is -2.43. The molecule has 1 aliphatic heterocycles. The first-order chi connectivity index (χ1) is 14.7. The Morgan fingerprint density at radius 3 is 2.37 bits per heavy atom. The molecule has 1 atom stereocenters. The third-order valence-electron chi connectivity index (χ3n) is 6.21. The van der Waals surface area contributed by atoms with Crippen LogP contribution in [0.15, 0.2) is 79.1 Å². The molecule has 1 amide bonds. The van der Waals surface area contributed by atoms with E-state index in [1.807, 2.05) is 24.5 Å². The first-order valence-electron chi connectivity index (χ1n) is 10.7. The van der Waals surface area contributed by atoms with Gasteiger partial charge in [-0.1, -0.05) is 54.6 Å². The van der Waals surface area contributed by atoms with Gasteiger partial charge >= 0.3 is 0 Å². The molecule has 154 valence electrons. The van der Waals surface area contributed by atoms with Crippen LogP contribution in [0.1, 0.15) is 17.5 Å². The molecule has 1 fully saturated rings. The second-order valence-electron chi connectivity index (χ2n) is 8.23. The van der Waals surface area contributed by atoms with Gasteiger partial charge in [0.2, 0.25) is 5.91 Å². The fraction of sp³-hybridized carbons (Fsp3) is 0.308. The lowest BCUT2D eigenvalue weighted by molar-refractivity contribution is -0.129. The first kappa shape index (κ1) is 20.3. The summed E-state index contributed by atoms with van der Waals surface area (Å²) in [5.41, 5.74) is 4.53. The zero-order chi connectivity index (χ0) is 20.8. The van der Waals surface area contributed by atoms with Gasteiger partial charge in [0.05, 0.1) is 5.41 Å². The number of likely N-dealkylation sites (tertiary alicyclic amines) is 1. The van der Waals surface area contributed by atoms with Crippen molar-refractivity contribution < 1.29 is 4.79 Å². The topological polar surface area (TPSA) is 45.2 Å². The molecule has 2 heterocycles. The number of benzene rings is 2. The van der Waals surface area contributed by atoms with Gasteiger partial charge < -0.3 is 10.2 Å². The average Bonchev–Trinajstić information content (AvgIpc) is 3.23. The largest absolute Gasteiger partial charge is 0.359 e. The SMILES string of the molecule is CNC(=O)C1(Cc2ccc(-c3ccncc3)cc2)CCN(CCc2ccccc2)C1. The standard InChI is InChI=1S/C26H29N3O/c1-27-25(30)26(14-18-29(20-26)17-13-21-5-3-2-4-6-21)19-22-7-9-23(10-8-22)24-11-15-28-16-12-24/h2-12,15-16H,13-14,17-20H2,1H3,(H,27,30). The molecule has 3 aromatic rings. The lowest BCUT2D eigenvalue weighted by Gasteiger charge is -2.28. The van der Waals surface area contributed by atoms with E-state index in [1.165, 1.54) is 16.7 Å². The van der Waals surface area contributed by atoms with Gasteiger partial charge in [-0.15, -0.1) is 0 Å². The van der Waals surface area contributed by atoms with Gasteiger partial charge in [0, 0.05) is 32.5 Å². The molecule has 0 saturated carbocycles. The predicted octanol–water partition coefficient (Wildman–Crippen LogP) is 3.97. The minimum absolute atomic E-state index is 0.155. The van der Waals surface area contributed by atoms with Gasteiger partial charge in [-0.25, -0.2) is 0 Å². The number of amides is 1. The fourth-order valence-corrected chi connectivity index (χ4v) is 4.51. The molecule has 0 radical (unpaired) electrons. The number of hydrogen-bond donors (Lipinski definition) is 1. The Morgan fingerprint density at radius 2 is 1.67 bits per heavy atom. The first-order valence-corrected chi connectivity index (χ1v) is 10.7. The van der Waals surface area contributed by atoms with Crippen molar-refractivity contribution in [2.45, 2.75) is 19.3 Å². The van der Waals surface area contributed by atoms with Crippen LogP contribution in [0.5, 0.6) is 0 Å². The molecule has 4 heteroatoms. The van der Waals surface area contributed by atoms with Crippen molar-refractivity contribution in [3.05, 3.63) is 90.3 Å². The Hall–Kier alpha value is -2.98. The second-order valence-corrected chi connectivity index (χ2v) is 8.23. The Morgan fingerprint density at radius 1 is 0.967 bits per heavy atom. The zero-order valence-electron chi connectivity index (χ0n) is 17.6. The molecule has 1 aromatic heterocycles. The van der Waals surface area contributed by atoms with E-state index in [4.69, 9.17) is 0 Å². The van der Waals surface area contributed by atoms with Crippen molar-refractivity contribution in [3.63, 3.8) is 0 Å². The predicted molar refractivity (Wildman–Crippen MR) is 121 cm³/mol. The number of rotatable bonds is 7. The summed E-state index contributed by atoms with van der Waals surface area (Å²) in [6.45, 7) is 2.77. The van der Waals surface area contributed by atoms with Crippen molar-refractivity contribution in [2.24, 2.45) is 5.41 Å². The number of aromatic nitrogens is 1. The molecule has 0 spiro atoms. The third-order valence-corrected chi connectivity index (χ3v) is 6.21. The third kappa shape index (κ3) is 4.60. The summed E-state index contributed by atoms with van der Waals surface area (Å²) < 4.78 is 0. The van der Waals surface area contributed by atoms with Gasteiger partial charge in [0.25, 0.3) is 0 Å². The molecule has 1 aliphatic rings. The van der Waals surface area contributed by atoms with Gasteiger partial charge in [-0.2, -0.15) is 0 Å². The smallest absolute Gasteiger partial charge is 0.227 e. The van der Waals surface area contributed by atoms with E-state index < -0.39 is 0 Å². The van der Waals surface area contributed by atoms with Crippen LogP contribution in [0.3, 0.4) is 0 Å². The molecular formula is C26H29N3O. The molecule has 0 aliphatic carbocycles. The van der Waals surface area contributed by atoms with Crippen LogP contribution < -0.4 is 5.32 Å². The van der Waals surface area contributed by atoms with Crippen LogP contribution in [0.25, 0.3) is 11.1 Å². The number of pyridine rings is 1. The van der Waals surface area contributed by atoms with E-state index in [-0.39, 0.29) is 11.3 Å². The van der Waals surface area contributed by atoms with Crippen LogP contribution in [0, 0.1) is 5.41 Å². The van der Waals surface area contributed by atoms with Crippen LogP contribution >= 0.6 is 0 Å². The molecule has 30 heavy (non-hydrogen) atoms. The maximum Gasteiger partial charge on any atom is 0.227 e. The zero-order valence-corrected chi connectivity index (χ0v) is 17.6. The Balaban J connectivity index is 1.44. The summed E-state index contributed by atoms with van der Waals surface area (Å²) in [5, 5.41) is 2.93.